The number of H-pyrrole nitrogens is 2. The van der Waals surface area contributed by atoms with E-state index in [-0.39, 0.29) is 16.7 Å². The molecule has 1 saturated heterocycles. The van der Waals surface area contributed by atoms with Gasteiger partial charge in [0, 0.05) is 5.92 Å². The zero-order valence-corrected chi connectivity index (χ0v) is 16.6. The average molecular weight is 464 g/mol. The van der Waals surface area contributed by atoms with Gasteiger partial charge in [0.1, 0.15) is 0 Å². The van der Waals surface area contributed by atoms with E-state index in [1.54, 1.807) is 0 Å². The summed E-state index contributed by atoms with van der Waals surface area (Å²) >= 11 is 0. The molecule has 2 bridgehead atoms. The van der Waals surface area contributed by atoms with Crippen LogP contribution in [-0.4, -0.2) is 54.6 Å². The molecule has 2 heterocycles. The van der Waals surface area contributed by atoms with E-state index < -0.39 is 33.8 Å². The van der Waals surface area contributed by atoms with Crippen LogP contribution in [0.3, 0.4) is 0 Å². The molecule has 1 aliphatic heterocycles. The van der Waals surface area contributed by atoms with Crippen molar-refractivity contribution in [2.45, 2.75) is 23.9 Å². The number of aromatic amines is 2. The van der Waals surface area contributed by atoms with Crippen molar-refractivity contribution in [1.82, 2.24) is 20.0 Å². The predicted octanol–water partition coefficient (Wildman–Crippen LogP) is 0.540. The molecule has 2 aromatic rings. The van der Waals surface area contributed by atoms with Gasteiger partial charge in [-0.3, -0.25) is 4.79 Å². The zero-order valence-electron chi connectivity index (χ0n) is 15.8. The molecule has 1 aromatic carbocycles. The highest BCUT2D eigenvalue weighted by Crippen LogP contribution is 2.38. The summed E-state index contributed by atoms with van der Waals surface area (Å²) in [7, 11) is -3.96. The normalized spacial score (nSPS) is 23.1. The second kappa shape index (κ2) is 8.34. The molecular weight excluding hydrogens is 445 g/mol. The quantitative estimate of drug-likeness (QED) is 0.443. The van der Waals surface area contributed by atoms with Crippen LogP contribution in [-0.2, 0) is 19.6 Å². The Morgan fingerprint density at radius 2 is 1.74 bits per heavy atom. The van der Waals surface area contributed by atoms with Gasteiger partial charge >= 0.3 is 17.8 Å². The van der Waals surface area contributed by atoms with Crippen molar-refractivity contribution in [3.63, 3.8) is 0 Å². The van der Waals surface area contributed by atoms with Gasteiger partial charge in [0.05, 0.1) is 15.9 Å². The molecule has 0 spiro atoms. The highest BCUT2D eigenvalue weighted by atomic mass is 32.2. The second-order valence-electron chi connectivity index (χ2n) is 7.42. The number of alkyl halides is 3. The van der Waals surface area contributed by atoms with Gasteiger partial charge in [-0.25, -0.2) is 22.7 Å². The van der Waals surface area contributed by atoms with Gasteiger partial charge in [-0.15, -0.1) is 0 Å². The Kier molecular flexibility index (Phi) is 6.14. The van der Waals surface area contributed by atoms with Crippen LogP contribution in [0.5, 0.6) is 0 Å². The lowest BCUT2D eigenvalue weighted by atomic mass is 9.95. The van der Waals surface area contributed by atoms with Crippen molar-refractivity contribution in [3.05, 3.63) is 28.7 Å². The molecule has 170 valence electrons. The topological polar surface area (TPSA) is 161 Å². The standard InChI is InChI=1S/C15H18N4O4S.C2HF3O2/c20-14(11-4-8-3-9(11)7-16-6-8)19-24(22,23)10-1-2-12-13(5-10)18-15(21)17-12;3-2(4,5)1(6)7/h1-2,5,8-9,11,16H,3-4,6-7H2,(H,19,20)(H2,17,18,21);(H,6,7). The van der Waals surface area contributed by atoms with Crippen LogP contribution in [0.1, 0.15) is 12.8 Å². The van der Waals surface area contributed by atoms with E-state index in [1.165, 1.54) is 18.2 Å². The number of imidazole rings is 1. The number of aromatic nitrogens is 2. The highest BCUT2D eigenvalue weighted by molar-refractivity contribution is 7.90. The summed E-state index contributed by atoms with van der Waals surface area (Å²) in [5.74, 6) is -2.82. The van der Waals surface area contributed by atoms with Crippen molar-refractivity contribution >= 4 is 32.9 Å². The lowest BCUT2D eigenvalue weighted by Crippen LogP contribution is -2.39. The van der Waals surface area contributed by atoms with E-state index in [2.05, 4.69) is 20.0 Å². The number of hydrogen-bond donors (Lipinski definition) is 5. The van der Waals surface area contributed by atoms with Crippen molar-refractivity contribution < 1.29 is 36.3 Å². The van der Waals surface area contributed by atoms with Crippen LogP contribution in [0.25, 0.3) is 11.0 Å². The van der Waals surface area contributed by atoms with Gasteiger partial charge < -0.3 is 20.4 Å². The summed E-state index contributed by atoms with van der Waals surface area (Å²) in [6.07, 6.45) is -3.38. The highest BCUT2D eigenvalue weighted by Gasteiger charge is 2.42. The fourth-order valence-corrected chi connectivity index (χ4v) is 4.93. The molecule has 1 amide bonds. The number of rotatable bonds is 3. The molecule has 0 radical (unpaired) electrons. The van der Waals surface area contributed by atoms with Gasteiger partial charge in [0.15, 0.2) is 0 Å². The fraction of sp³-hybridized carbons (Fsp3) is 0.471. The van der Waals surface area contributed by atoms with Crippen molar-refractivity contribution in [2.24, 2.45) is 17.8 Å². The molecule has 5 N–H and O–H groups in total. The van der Waals surface area contributed by atoms with E-state index in [9.17, 15) is 31.2 Å². The third-order valence-electron chi connectivity index (χ3n) is 5.24. The summed E-state index contributed by atoms with van der Waals surface area (Å²) < 4.78 is 58.9. The Labute approximate surface area is 173 Å². The third kappa shape index (κ3) is 5.25. The zero-order chi connectivity index (χ0) is 23.0. The van der Waals surface area contributed by atoms with Gasteiger partial charge in [-0.05, 0) is 56.0 Å². The minimum Gasteiger partial charge on any atom is -0.475 e. The number of fused-ring (bicyclic) bond motifs is 3. The summed E-state index contributed by atoms with van der Waals surface area (Å²) in [6, 6.07) is 4.21. The predicted molar refractivity (Wildman–Crippen MR) is 101 cm³/mol. The van der Waals surface area contributed by atoms with Crippen LogP contribution in [0, 0.1) is 17.8 Å². The average Bonchev–Trinajstić information content (AvgIpc) is 3.18. The first-order chi connectivity index (χ1) is 14.4. The van der Waals surface area contributed by atoms with Crippen molar-refractivity contribution in [1.29, 1.82) is 0 Å². The van der Waals surface area contributed by atoms with E-state index in [0.717, 1.165) is 25.9 Å². The number of hydrogen-bond acceptors (Lipinski definition) is 6. The maximum Gasteiger partial charge on any atom is 0.490 e. The third-order valence-corrected chi connectivity index (χ3v) is 6.59. The fourth-order valence-electron chi connectivity index (χ4n) is 3.87. The number of carbonyl (C=O) groups excluding carboxylic acids is 1. The molecule has 14 heteroatoms. The first-order valence-corrected chi connectivity index (χ1v) is 10.6. The molecule has 2 fully saturated rings. The Morgan fingerprint density at radius 1 is 1.10 bits per heavy atom. The number of piperidine rings is 1. The maximum atomic E-state index is 12.5. The molecular formula is C17H19F3N4O6S. The van der Waals surface area contributed by atoms with Gasteiger partial charge in [0.2, 0.25) is 5.91 Å². The molecule has 1 aromatic heterocycles. The van der Waals surface area contributed by atoms with Crippen LogP contribution in [0.15, 0.2) is 27.9 Å². The van der Waals surface area contributed by atoms with Crippen molar-refractivity contribution in [2.75, 3.05) is 13.1 Å². The van der Waals surface area contributed by atoms with Gasteiger partial charge in [-0.2, -0.15) is 13.2 Å². The number of nitrogens with one attached hydrogen (secondary N) is 4. The monoisotopic (exact) mass is 464 g/mol. The lowest BCUT2D eigenvalue weighted by molar-refractivity contribution is -0.192. The number of sulfonamides is 1. The SMILES string of the molecule is O=C(NS(=O)(=O)c1ccc2[nH]c(=O)[nH]c2c1)C1CC2CNCC1C2.O=C(O)C(F)(F)F. The molecule has 10 nitrogen and oxygen atoms in total. The molecule has 31 heavy (non-hydrogen) atoms. The van der Waals surface area contributed by atoms with Gasteiger partial charge in [-0.1, -0.05) is 0 Å². The molecule has 3 atom stereocenters. The number of benzene rings is 1. The Bertz CT molecular complexity index is 1160. The molecule has 1 aliphatic carbocycles. The minimum absolute atomic E-state index is 0.0438. The number of aliphatic carboxylic acids is 1. The largest absolute Gasteiger partial charge is 0.490 e. The molecule has 4 rings (SSSR count). The van der Waals surface area contributed by atoms with E-state index in [0.29, 0.717) is 17.0 Å². The van der Waals surface area contributed by atoms with Crippen LogP contribution >= 0.6 is 0 Å². The number of halogens is 3. The smallest absolute Gasteiger partial charge is 0.475 e. The van der Waals surface area contributed by atoms with Gasteiger partial charge in [0.25, 0.3) is 10.0 Å². The molecule has 3 unspecified atom stereocenters. The molecule has 2 aliphatic rings. The number of amides is 1. The number of carboxylic acids is 1. The van der Waals surface area contributed by atoms with Crippen molar-refractivity contribution in [3.8, 4) is 0 Å². The van der Waals surface area contributed by atoms with E-state index in [1.807, 2.05) is 0 Å². The summed E-state index contributed by atoms with van der Waals surface area (Å²) in [5, 5.41) is 10.4. The number of carbonyl (C=O) groups is 2. The minimum atomic E-state index is -5.08. The summed E-state index contributed by atoms with van der Waals surface area (Å²) in [4.78, 5) is 37.6. The second-order valence-corrected chi connectivity index (χ2v) is 9.10. The molecule has 1 saturated carbocycles. The summed E-state index contributed by atoms with van der Waals surface area (Å²) in [6.45, 7) is 1.65. The first-order valence-electron chi connectivity index (χ1n) is 9.16. The van der Waals surface area contributed by atoms with Crippen LogP contribution in [0.2, 0.25) is 0 Å². The van der Waals surface area contributed by atoms with Crippen LogP contribution < -0.4 is 15.7 Å². The maximum absolute atomic E-state index is 12.5. The first kappa shape index (κ1) is 22.8. The Morgan fingerprint density at radius 3 is 2.35 bits per heavy atom. The lowest BCUT2D eigenvalue weighted by Gasteiger charge is -2.21. The van der Waals surface area contributed by atoms with Crippen LogP contribution in [0.4, 0.5) is 13.2 Å². The summed E-state index contributed by atoms with van der Waals surface area (Å²) in [5.41, 5.74) is 0.492. The van der Waals surface area contributed by atoms with E-state index in [4.69, 9.17) is 9.90 Å². The van der Waals surface area contributed by atoms with E-state index >= 15 is 0 Å². The Hall–Kier alpha value is -2.87. The Balaban J connectivity index is 0.000000339. The number of carboxylic acid groups (broad SMARTS) is 1.